The average Bonchev–Trinajstić information content (AvgIpc) is 2.88. The first-order valence-corrected chi connectivity index (χ1v) is 10.6. The molecule has 182 valence electrons. The molecule has 0 bridgehead atoms. The van der Waals surface area contributed by atoms with Crippen LogP contribution < -0.4 is 5.73 Å². The highest BCUT2D eigenvalue weighted by atomic mass is 16.6. The topological polar surface area (TPSA) is 137 Å². The summed E-state index contributed by atoms with van der Waals surface area (Å²) in [6.07, 6.45) is 2.01. The van der Waals surface area contributed by atoms with Crippen molar-refractivity contribution in [2.24, 2.45) is 0 Å². The first-order valence-electron chi connectivity index (χ1n) is 10.6. The summed E-state index contributed by atoms with van der Waals surface area (Å²) in [5.41, 5.74) is 11.2. The molecule has 0 amide bonds. The van der Waals surface area contributed by atoms with Crippen LogP contribution in [0, 0.1) is 10.1 Å². The predicted molar refractivity (Wildman–Crippen MR) is 132 cm³/mol. The summed E-state index contributed by atoms with van der Waals surface area (Å²) in [5.74, 6) is 0. The quantitative estimate of drug-likeness (QED) is 0.242. The molecular formula is C28H24N2O6. The summed E-state index contributed by atoms with van der Waals surface area (Å²) >= 11 is 0. The zero-order chi connectivity index (χ0) is 26.6. The van der Waals surface area contributed by atoms with Crippen molar-refractivity contribution < 1.29 is 24.1 Å². The number of nitro groups is 1. The first kappa shape index (κ1) is 28.9. The number of carbonyl (C=O) groups excluding carboxylic acids is 4. The van der Waals surface area contributed by atoms with Gasteiger partial charge in [-0.3, -0.25) is 10.1 Å². The standard InChI is InChI=1S/C13H11NO2.C13H13N.2CO2/c15-14(16)13-9-5-4-8-12(13)10-11-6-2-1-3-7-11;14-13-9-5-4-8-12(13)10-11-6-2-1-3-7-11;2*2-1-3/h1-9H,10H2;1-9H,10,14H2;;. The lowest BCUT2D eigenvalue weighted by Crippen LogP contribution is -1.95. The summed E-state index contributed by atoms with van der Waals surface area (Å²) in [5, 5.41) is 10.8. The predicted octanol–water partition coefficient (Wildman–Crippen LogP) is 4.88. The Kier molecular flexibility index (Phi) is 13.9. The number of nitrogens with zero attached hydrogens (tertiary/aromatic N) is 1. The van der Waals surface area contributed by atoms with Crippen molar-refractivity contribution >= 4 is 23.7 Å². The van der Waals surface area contributed by atoms with Gasteiger partial charge in [0.05, 0.1) is 4.92 Å². The van der Waals surface area contributed by atoms with Crippen LogP contribution in [0.1, 0.15) is 22.3 Å². The van der Waals surface area contributed by atoms with Crippen molar-refractivity contribution in [1.29, 1.82) is 0 Å². The van der Waals surface area contributed by atoms with E-state index in [1.54, 1.807) is 12.1 Å². The van der Waals surface area contributed by atoms with Crippen molar-refractivity contribution in [3.8, 4) is 0 Å². The molecule has 0 saturated heterocycles. The number of para-hydroxylation sites is 2. The van der Waals surface area contributed by atoms with Gasteiger partial charge in [0.2, 0.25) is 0 Å². The third kappa shape index (κ3) is 11.1. The molecule has 4 aromatic rings. The molecule has 8 nitrogen and oxygen atoms in total. The molecule has 2 N–H and O–H groups in total. The monoisotopic (exact) mass is 484 g/mol. The number of nitrogens with two attached hydrogens (primary N) is 1. The number of hydrogen-bond acceptors (Lipinski definition) is 7. The van der Waals surface area contributed by atoms with Gasteiger partial charge in [-0.25, -0.2) is 0 Å². The van der Waals surface area contributed by atoms with E-state index in [1.165, 1.54) is 17.2 Å². The van der Waals surface area contributed by atoms with Crippen LogP contribution >= 0.6 is 0 Å². The van der Waals surface area contributed by atoms with Gasteiger partial charge in [-0.2, -0.15) is 19.2 Å². The number of hydrogen-bond donors (Lipinski definition) is 1. The van der Waals surface area contributed by atoms with Gasteiger partial charge < -0.3 is 5.73 Å². The van der Waals surface area contributed by atoms with Crippen LogP contribution in [-0.4, -0.2) is 17.2 Å². The van der Waals surface area contributed by atoms with Crippen LogP contribution in [0.25, 0.3) is 0 Å². The van der Waals surface area contributed by atoms with Crippen molar-refractivity contribution in [1.82, 2.24) is 0 Å². The Morgan fingerprint density at radius 3 is 1.39 bits per heavy atom. The Hall–Kier alpha value is -5.16. The van der Waals surface area contributed by atoms with Gasteiger partial charge in [0.1, 0.15) is 0 Å². The zero-order valence-electron chi connectivity index (χ0n) is 19.3. The van der Waals surface area contributed by atoms with Crippen LogP contribution in [0.15, 0.2) is 109 Å². The van der Waals surface area contributed by atoms with Crippen molar-refractivity contribution in [3.63, 3.8) is 0 Å². The molecule has 0 aliphatic carbocycles. The summed E-state index contributed by atoms with van der Waals surface area (Å²) in [6.45, 7) is 0. The van der Waals surface area contributed by atoms with E-state index in [9.17, 15) is 10.1 Å². The molecule has 0 spiro atoms. The van der Waals surface area contributed by atoms with E-state index < -0.39 is 0 Å². The van der Waals surface area contributed by atoms with Crippen LogP contribution in [0.3, 0.4) is 0 Å². The van der Waals surface area contributed by atoms with Gasteiger partial charge in [-0.1, -0.05) is 97.1 Å². The van der Waals surface area contributed by atoms with E-state index in [-0.39, 0.29) is 22.9 Å². The van der Waals surface area contributed by atoms with E-state index in [2.05, 4.69) is 30.3 Å². The Bertz CT molecular complexity index is 1250. The normalized spacial score (nSPS) is 8.78. The third-order valence-corrected chi connectivity index (χ3v) is 4.72. The molecule has 0 unspecified atom stereocenters. The molecule has 8 heteroatoms. The van der Waals surface area contributed by atoms with E-state index in [0.717, 1.165) is 23.2 Å². The Balaban J connectivity index is 0.000000298. The van der Waals surface area contributed by atoms with Gasteiger partial charge in [-0.15, -0.1) is 0 Å². The lowest BCUT2D eigenvalue weighted by atomic mass is 10.0. The second-order valence-corrected chi connectivity index (χ2v) is 7.08. The molecule has 0 aliphatic rings. The number of benzene rings is 4. The summed E-state index contributed by atoms with van der Waals surface area (Å²) in [6, 6.07) is 34.9. The SMILES string of the molecule is Nc1ccccc1Cc1ccccc1.O=C=O.O=C=O.O=[N+]([O-])c1ccccc1Cc1ccccc1. The fourth-order valence-corrected chi connectivity index (χ4v) is 3.17. The van der Waals surface area contributed by atoms with Crippen LogP contribution in [-0.2, 0) is 32.0 Å². The lowest BCUT2D eigenvalue weighted by Gasteiger charge is -2.04. The molecule has 0 heterocycles. The molecule has 0 saturated carbocycles. The van der Waals surface area contributed by atoms with Gasteiger partial charge in [0.15, 0.2) is 0 Å². The Morgan fingerprint density at radius 1 is 0.583 bits per heavy atom. The molecular weight excluding hydrogens is 460 g/mol. The maximum absolute atomic E-state index is 10.8. The number of nitro benzene ring substituents is 1. The molecule has 36 heavy (non-hydrogen) atoms. The molecule has 4 aromatic carbocycles. The number of anilines is 1. The minimum Gasteiger partial charge on any atom is -0.398 e. The minimum absolute atomic E-state index is 0.186. The number of nitrogen functional groups attached to an aromatic ring is 1. The van der Waals surface area contributed by atoms with Crippen molar-refractivity contribution in [3.05, 3.63) is 142 Å². The average molecular weight is 485 g/mol. The largest absolute Gasteiger partial charge is 0.398 e. The molecule has 0 atom stereocenters. The molecule has 0 aliphatic heterocycles. The molecule has 4 rings (SSSR count). The van der Waals surface area contributed by atoms with Crippen LogP contribution in [0.5, 0.6) is 0 Å². The second kappa shape index (κ2) is 17.3. The first-order chi connectivity index (χ1) is 17.5. The van der Waals surface area contributed by atoms with E-state index >= 15 is 0 Å². The maximum atomic E-state index is 10.8. The highest BCUT2D eigenvalue weighted by molar-refractivity contribution is 5.48. The third-order valence-electron chi connectivity index (χ3n) is 4.72. The smallest absolute Gasteiger partial charge is 0.373 e. The second-order valence-electron chi connectivity index (χ2n) is 7.08. The highest BCUT2D eigenvalue weighted by Crippen LogP contribution is 2.20. The molecule has 0 radical (unpaired) electrons. The van der Waals surface area contributed by atoms with E-state index in [4.69, 9.17) is 24.9 Å². The van der Waals surface area contributed by atoms with Gasteiger partial charge in [0.25, 0.3) is 5.69 Å². The Morgan fingerprint density at radius 2 is 0.944 bits per heavy atom. The summed E-state index contributed by atoms with van der Waals surface area (Å²) in [7, 11) is 0. The number of rotatable bonds is 5. The fraction of sp³-hybridized carbons (Fsp3) is 0.0714. The van der Waals surface area contributed by atoms with Crippen LogP contribution in [0.4, 0.5) is 11.4 Å². The highest BCUT2D eigenvalue weighted by Gasteiger charge is 2.11. The van der Waals surface area contributed by atoms with Gasteiger partial charge in [-0.05, 0) is 29.2 Å². The van der Waals surface area contributed by atoms with E-state index in [1.807, 2.05) is 60.7 Å². The van der Waals surface area contributed by atoms with E-state index in [0.29, 0.717) is 6.42 Å². The minimum atomic E-state index is -0.335. The lowest BCUT2D eigenvalue weighted by molar-refractivity contribution is -0.385. The fourth-order valence-electron chi connectivity index (χ4n) is 3.17. The summed E-state index contributed by atoms with van der Waals surface area (Å²) < 4.78 is 0. The maximum Gasteiger partial charge on any atom is 0.373 e. The molecule has 0 fully saturated rings. The Labute approximate surface area is 208 Å². The molecule has 0 aromatic heterocycles. The van der Waals surface area contributed by atoms with Crippen molar-refractivity contribution in [2.45, 2.75) is 12.8 Å². The summed E-state index contributed by atoms with van der Waals surface area (Å²) in [4.78, 5) is 43.0. The van der Waals surface area contributed by atoms with Gasteiger partial charge >= 0.3 is 12.3 Å². The van der Waals surface area contributed by atoms with Crippen molar-refractivity contribution in [2.75, 3.05) is 5.73 Å². The van der Waals surface area contributed by atoms with Gasteiger partial charge in [0, 0.05) is 23.7 Å². The zero-order valence-corrected chi connectivity index (χ0v) is 19.3. The van der Waals surface area contributed by atoms with Crippen LogP contribution in [0.2, 0.25) is 0 Å².